The predicted octanol–water partition coefficient (Wildman–Crippen LogP) is 13.6. The molecule has 28 heteroatoms. The molecule has 0 saturated carbocycles. The third-order valence-corrected chi connectivity index (χ3v) is 27.3. The van der Waals surface area contributed by atoms with E-state index in [1.165, 1.54) is 40.6 Å². The van der Waals surface area contributed by atoms with E-state index in [4.69, 9.17) is 16.3 Å². The summed E-state index contributed by atoms with van der Waals surface area (Å²) in [5, 5.41) is 9.95. The summed E-state index contributed by atoms with van der Waals surface area (Å²) in [5.74, 6) is -1.22. The number of benzene rings is 5. The van der Waals surface area contributed by atoms with Gasteiger partial charge in [0.05, 0.1) is 45.9 Å². The first-order valence-electron chi connectivity index (χ1n) is 38.7. The van der Waals surface area contributed by atoms with Gasteiger partial charge in [-0.2, -0.15) is 13.2 Å². The number of aromatic nitrogens is 1. The van der Waals surface area contributed by atoms with E-state index in [9.17, 15) is 49.2 Å². The average molecular weight is 1610 g/mol. The number of amides is 4. The second kappa shape index (κ2) is 37.8. The molecule has 4 aliphatic heterocycles. The van der Waals surface area contributed by atoms with Crippen molar-refractivity contribution >= 4 is 95.1 Å². The van der Waals surface area contributed by atoms with Crippen LogP contribution in [-0.2, 0) is 39.0 Å². The number of morpholine rings is 1. The van der Waals surface area contributed by atoms with Crippen molar-refractivity contribution in [3.63, 3.8) is 0 Å². The zero-order chi connectivity index (χ0) is 78.4. The lowest BCUT2D eigenvalue weighted by Gasteiger charge is -2.44. The predicted molar refractivity (Wildman–Crippen MR) is 432 cm³/mol. The number of hydrogen-bond acceptors (Lipinski definition) is 18. The Morgan fingerprint density at radius 3 is 2.07 bits per heavy atom. The van der Waals surface area contributed by atoms with E-state index in [-0.39, 0.29) is 34.7 Å². The molecule has 5 atom stereocenters. The first-order valence-corrected chi connectivity index (χ1v) is 43.9. The largest absolute Gasteiger partial charge is 0.501 e. The number of hydrogen-bond donors (Lipinski definition) is 4. The molecule has 6 aromatic rings. The lowest BCUT2D eigenvalue weighted by Crippen LogP contribution is -2.57. The summed E-state index contributed by atoms with van der Waals surface area (Å²) in [7, 11) is -11.0. The average Bonchev–Trinajstić information content (AvgIpc) is 1.05. The van der Waals surface area contributed by atoms with Crippen molar-refractivity contribution in [2.75, 3.05) is 127 Å². The highest BCUT2D eigenvalue weighted by atomic mass is 35.5. The Labute approximate surface area is 661 Å². The summed E-state index contributed by atoms with van der Waals surface area (Å²) in [6.07, 6.45) is 9.91. The maximum atomic E-state index is 14.4. The minimum absolute atomic E-state index is 0.0198. The lowest BCUT2D eigenvalue weighted by molar-refractivity contribution is -0.144. The highest BCUT2D eigenvalue weighted by molar-refractivity contribution is 7.99. The Kier molecular flexibility index (Phi) is 28.9. The Morgan fingerprint density at radius 2 is 1.40 bits per heavy atom. The summed E-state index contributed by atoms with van der Waals surface area (Å²) in [6.45, 7) is 25.5. The van der Waals surface area contributed by atoms with Gasteiger partial charge in [0.1, 0.15) is 17.0 Å². The number of ether oxygens (including phenoxy) is 1. The van der Waals surface area contributed by atoms with Crippen molar-refractivity contribution in [3.05, 3.63) is 160 Å². The molecule has 5 aromatic carbocycles. The minimum Gasteiger partial charge on any atom is -0.380 e. The number of likely N-dealkylation sites (tertiary alicyclic amines) is 1. The number of carbonyl (C=O) groups excluding carboxylic acids is 4. The van der Waals surface area contributed by atoms with Crippen molar-refractivity contribution in [2.24, 2.45) is 10.8 Å². The van der Waals surface area contributed by atoms with Crippen LogP contribution in [0.25, 0.3) is 16.0 Å². The number of allylic oxidation sites excluding steroid dienone is 1. The Hall–Kier alpha value is -6.92. The molecule has 110 heavy (non-hydrogen) atoms. The number of unbranched alkanes of at least 4 members (excludes halogenated alkanes) is 4. The number of sulfonamides is 1. The molecule has 1 unspecified atom stereocenters. The highest BCUT2D eigenvalue weighted by Crippen LogP contribution is 2.45. The van der Waals surface area contributed by atoms with Crippen LogP contribution < -0.4 is 25.6 Å². The van der Waals surface area contributed by atoms with E-state index in [0.29, 0.717) is 95.0 Å². The zero-order valence-electron chi connectivity index (χ0n) is 64.1. The van der Waals surface area contributed by atoms with Crippen LogP contribution in [-0.4, -0.2) is 211 Å². The van der Waals surface area contributed by atoms with Crippen molar-refractivity contribution < 1.29 is 53.9 Å². The number of nitrogens with zero attached hydrogens (tertiary/aromatic N) is 7. The summed E-state index contributed by atoms with van der Waals surface area (Å²) < 4.78 is 105. The molecule has 5 heterocycles. The van der Waals surface area contributed by atoms with E-state index in [2.05, 4.69) is 76.6 Å². The molecular formula is C82H107ClF3N11O9S4. The summed E-state index contributed by atoms with van der Waals surface area (Å²) >= 11 is 9.46. The zero-order valence-corrected chi connectivity index (χ0v) is 68.1. The van der Waals surface area contributed by atoms with Crippen LogP contribution in [0.15, 0.2) is 147 Å². The number of sulfone groups is 1. The molecule has 4 fully saturated rings. The number of thiazole rings is 1. The highest BCUT2D eigenvalue weighted by Gasteiger charge is 2.49. The Bertz CT molecular complexity index is 4360. The number of anilines is 2. The van der Waals surface area contributed by atoms with Crippen molar-refractivity contribution in [1.82, 2.24) is 44.8 Å². The fourth-order valence-electron chi connectivity index (χ4n) is 15.6. The fraction of sp³-hybridized carbons (Fsp3) is 0.524. The van der Waals surface area contributed by atoms with Crippen molar-refractivity contribution in [1.29, 1.82) is 0 Å². The van der Waals surface area contributed by atoms with E-state index in [1.807, 2.05) is 99.4 Å². The SMILES string of the molecule is Cc1ncsc1-c1ccc([C@H](C)NC(=O)[C@@H]2CCCN2C(=O)[C@@H](NC(=O)CCCCCCCN2CCN(CC3(C)CCC(c4ccc(Cl)cc4)=C(CN4CCN(c5ccc(C(=O)NS(=O)(=O)c6ccc(N[C@H](CCN7CCOCC7)CSc7ccccc7)c(S(=O)(=O)C(F)(F)F)c6)cc5)CC4)C3)CC2)C(C)(C)C)cc1. The van der Waals surface area contributed by atoms with Gasteiger partial charge >= 0.3 is 5.51 Å². The number of alkyl halides is 3. The Balaban J connectivity index is 0.611. The van der Waals surface area contributed by atoms with Gasteiger partial charge in [-0.3, -0.25) is 29.0 Å². The normalized spacial score (nSPS) is 19.8. The molecule has 11 rings (SSSR count). The smallest absolute Gasteiger partial charge is 0.380 e. The molecule has 596 valence electrons. The molecule has 1 aliphatic carbocycles. The number of halogens is 4. The van der Waals surface area contributed by atoms with Crippen LogP contribution in [0.2, 0.25) is 5.02 Å². The van der Waals surface area contributed by atoms with E-state index < -0.39 is 70.3 Å². The molecule has 20 nitrogen and oxygen atoms in total. The molecule has 1 aromatic heterocycles. The van der Waals surface area contributed by atoms with E-state index in [1.54, 1.807) is 28.4 Å². The van der Waals surface area contributed by atoms with Gasteiger partial charge in [0.15, 0.2) is 0 Å². The van der Waals surface area contributed by atoms with Gasteiger partial charge in [-0.15, -0.1) is 23.1 Å². The van der Waals surface area contributed by atoms with E-state index in [0.717, 1.165) is 155 Å². The van der Waals surface area contributed by atoms with Crippen LogP contribution in [0.4, 0.5) is 24.5 Å². The molecule has 0 spiro atoms. The number of thioether (sulfide) groups is 1. The summed E-state index contributed by atoms with van der Waals surface area (Å²) in [6, 6.07) is 32.4. The van der Waals surface area contributed by atoms with Gasteiger partial charge < -0.3 is 40.3 Å². The number of rotatable bonds is 32. The number of carbonyl (C=O) groups is 4. The van der Waals surface area contributed by atoms with Gasteiger partial charge in [-0.25, -0.2) is 26.5 Å². The van der Waals surface area contributed by atoms with Crippen LogP contribution in [0.1, 0.15) is 145 Å². The second-order valence-electron chi connectivity index (χ2n) is 31.4. The van der Waals surface area contributed by atoms with Crippen LogP contribution in [0.5, 0.6) is 0 Å². The monoisotopic (exact) mass is 1610 g/mol. The number of nitrogens with one attached hydrogen (secondary N) is 4. The first-order chi connectivity index (χ1) is 52.5. The quantitative estimate of drug-likeness (QED) is 0.0227. The molecule has 4 saturated heterocycles. The number of aryl methyl sites for hydroxylation is 1. The third kappa shape index (κ3) is 22.5. The topological polar surface area (TPSA) is 226 Å². The van der Waals surface area contributed by atoms with Gasteiger partial charge in [0, 0.05) is 131 Å². The molecular weight excluding hydrogens is 1500 g/mol. The first kappa shape index (κ1) is 84.0. The summed E-state index contributed by atoms with van der Waals surface area (Å²) in [4.78, 5) is 73.3. The maximum absolute atomic E-state index is 14.4. The molecule has 4 N–H and O–H groups in total. The molecule has 0 radical (unpaired) electrons. The Morgan fingerprint density at radius 1 is 0.745 bits per heavy atom. The van der Waals surface area contributed by atoms with Gasteiger partial charge in [0.2, 0.25) is 17.7 Å². The standard InChI is InChI=1S/C82H107ClF3N11O9S4/c1-58(60-20-22-62(23-21-60)75-59(2)87-57-108-75)88-78(100)72-18-15-38-97(72)79(101)76(80(3,4)5)90-74(98)19-13-8-7-9-14-37-92-40-42-95(43-41-92)56-81(6)36-34-70(61-24-28-65(83)29-25-61)64(53-81)54-94-44-46-96(47-45-94)67-30-26-63(27-31-67)77(99)91-110(104,105)69-32-33-71(73(52-69)109(102,103)82(84,85)86)89-66(35-39-93-48-50-106-51-49-93)55-107-68-16-11-10-12-17-68/h10-12,16-17,20-33,52,57-58,66,72,76,89H,7-9,13-15,18-19,34-51,53-56H2,1-6H3,(H,88,100)(H,90,98)(H,91,99)/t58-,66+,72-,76+,81?/m0/s1. The maximum Gasteiger partial charge on any atom is 0.501 e. The third-order valence-electron chi connectivity index (χ3n) is 22.0. The van der Waals surface area contributed by atoms with Gasteiger partial charge in [-0.05, 0) is 172 Å². The second-order valence-corrected chi connectivity index (χ2v) is 37.4. The van der Waals surface area contributed by atoms with Crippen molar-refractivity contribution in [2.45, 2.75) is 163 Å². The van der Waals surface area contributed by atoms with Crippen LogP contribution in [0.3, 0.4) is 0 Å². The molecule has 0 bridgehead atoms. The molecule has 5 aliphatic rings. The van der Waals surface area contributed by atoms with E-state index >= 15 is 0 Å². The van der Waals surface area contributed by atoms with Gasteiger partial charge in [-0.1, -0.05) is 119 Å². The molecule has 4 amide bonds. The fourth-order valence-corrected chi connectivity index (χ4v) is 19.6. The van der Waals surface area contributed by atoms with Crippen LogP contribution >= 0.6 is 34.7 Å². The van der Waals surface area contributed by atoms with Crippen LogP contribution in [0, 0.1) is 17.8 Å². The lowest BCUT2D eigenvalue weighted by atomic mass is 9.71. The minimum atomic E-state index is -6.10. The summed E-state index contributed by atoms with van der Waals surface area (Å²) in [5.41, 5.74) is 3.03. The van der Waals surface area contributed by atoms with Gasteiger partial charge in [0.25, 0.3) is 25.8 Å². The number of piperazine rings is 2. The van der Waals surface area contributed by atoms with Crippen molar-refractivity contribution in [3.8, 4) is 10.4 Å².